The first-order valence-electron chi connectivity index (χ1n) is 8.79. The van der Waals surface area contributed by atoms with Crippen LogP contribution in [0.2, 0.25) is 0 Å². The van der Waals surface area contributed by atoms with Crippen molar-refractivity contribution in [1.29, 1.82) is 5.26 Å². The van der Waals surface area contributed by atoms with Crippen molar-refractivity contribution in [1.82, 2.24) is 5.32 Å². The molecule has 3 rings (SSSR count). The molecule has 0 aliphatic rings. The van der Waals surface area contributed by atoms with Gasteiger partial charge in [0.1, 0.15) is 6.61 Å². The molecule has 0 atom stereocenters. The molecule has 0 aliphatic heterocycles. The van der Waals surface area contributed by atoms with Crippen LogP contribution in [-0.2, 0) is 17.8 Å². The summed E-state index contributed by atoms with van der Waals surface area (Å²) in [6, 6.07) is 27.4. The van der Waals surface area contributed by atoms with E-state index in [1.807, 2.05) is 78.9 Å². The zero-order valence-electron chi connectivity index (χ0n) is 14.9. The Bertz CT molecular complexity index is 929. The summed E-state index contributed by atoms with van der Waals surface area (Å²) in [5.74, 6) is 0. The van der Waals surface area contributed by atoms with Crippen molar-refractivity contribution in [3.8, 4) is 17.2 Å². The Balaban J connectivity index is 1.48. The van der Waals surface area contributed by atoms with Crippen LogP contribution in [0.5, 0.6) is 0 Å². The summed E-state index contributed by atoms with van der Waals surface area (Å²) in [6.45, 7) is 0.765. The van der Waals surface area contributed by atoms with Crippen molar-refractivity contribution < 1.29 is 9.53 Å². The second-order valence-corrected chi connectivity index (χ2v) is 6.09. The summed E-state index contributed by atoms with van der Waals surface area (Å²) >= 11 is 0. The predicted octanol–water partition coefficient (Wildman–Crippen LogP) is 4.69. The lowest BCUT2D eigenvalue weighted by atomic mass is 9.99. The summed E-state index contributed by atoms with van der Waals surface area (Å²) < 4.78 is 5.19. The number of benzene rings is 3. The summed E-state index contributed by atoms with van der Waals surface area (Å²) in [5.41, 5.74) is 4.66. The predicted molar refractivity (Wildman–Crippen MR) is 105 cm³/mol. The van der Waals surface area contributed by atoms with Crippen LogP contribution in [-0.4, -0.2) is 12.6 Å². The van der Waals surface area contributed by atoms with E-state index in [-0.39, 0.29) is 6.61 Å². The number of alkyl carbamates (subject to hydrolysis) is 1. The zero-order valence-corrected chi connectivity index (χ0v) is 14.9. The van der Waals surface area contributed by atoms with Gasteiger partial charge in [0.25, 0.3) is 0 Å². The Morgan fingerprint density at radius 3 is 2.33 bits per heavy atom. The second-order valence-electron chi connectivity index (χ2n) is 6.09. The number of rotatable bonds is 6. The Morgan fingerprint density at radius 1 is 0.889 bits per heavy atom. The van der Waals surface area contributed by atoms with Crippen LogP contribution in [0, 0.1) is 11.3 Å². The molecule has 0 heterocycles. The van der Waals surface area contributed by atoms with Crippen LogP contribution in [0.15, 0.2) is 78.9 Å². The maximum absolute atomic E-state index is 11.8. The average Bonchev–Trinajstić information content (AvgIpc) is 2.73. The molecule has 3 aromatic rings. The fourth-order valence-electron chi connectivity index (χ4n) is 2.77. The molecule has 1 amide bonds. The molecular formula is C23H20N2O2. The Hall–Kier alpha value is -3.58. The number of amides is 1. The number of hydrogen-bond donors (Lipinski definition) is 1. The van der Waals surface area contributed by atoms with Crippen LogP contribution in [0.1, 0.15) is 16.7 Å². The Labute approximate surface area is 159 Å². The lowest BCUT2D eigenvalue weighted by Gasteiger charge is -2.08. The van der Waals surface area contributed by atoms with Crippen molar-refractivity contribution in [3.63, 3.8) is 0 Å². The van der Waals surface area contributed by atoms with Gasteiger partial charge in [-0.05, 0) is 34.7 Å². The minimum Gasteiger partial charge on any atom is -0.445 e. The molecule has 0 fully saturated rings. The molecular weight excluding hydrogens is 336 g/mol. The standard InChI is InChI=1S/C23H20N2O2/c24-16-21-8-4-5-9-22(21)20-12-10-18(11-13-20)14-15-25-23(26)27-17-19-6-2-1-3-7-19/h1-13H,14-15,17H2,(H,25,26). The zero-order chi connectivity index (χ0) is 18.9. The molecule has 0 bridgehead atoms. The summed E-state index contributed by atoms with van der Waals surface area (Å²) in [6.07, 6.45) is 0.291. The van der Waals surface area contributed by atoms with Gasteiger partial charge < -0.3 is 10.1 Å². The molecule has 0 saturated carbocycles. The van der Waals surface area contributed by atoms with E-state index >= 15 is 0 Å². The largest absolute Gasteiger partial charge is 0.445 e. The van der Waals surface area contributed by atoms with Crippen molar-refractivity contribution in [2.45, 2.75) is 13.0 Å². The van der Waals surface area contributed by atoms with Gasteiger partial charge in [0.05, 0.1) is 11.6 Å². The second kappa shape index (κ2) is 9.21. The summed E-state index contributed by atoms with van der Waals surface area (Å²) in [7, 11) is 0. The highest BCUT2D eigenvalue weighted by Gasteiger charge is 2.05. The van der Waals surface area contributed by atoms with Crippen molar-refractivity contribution in [2.75, 3.05) is 6.54 Å². The molecule has 0 unspecified atom stereocenters. The van der Waals surface area contributed by atoms with Crippen molar-refractivity contribution in [2.24, 2.45) is 0 Å². The normalized spacial score (nSPS) is 10.0. The van der Waals surface area contributed by atoms with Crippen LogP contribution in [0.4, 0.5) is 4.79 Å². The SMILES string of the molecule is N#Cc1ccccc1-c1ccc(CCNC(=O)OCc2ccccc2)cc1. The maximum atomic E-state index is 11.8. The van der Waals surface area contributed by atoms with E-state index in [2.05, 4.69) is 11.4 Å². The van der Waals surface area contributed by atoms with Gasteiger partial charge in [0.15, 0.2) is 0 Å². The Morgan fingerprint density at radius 2 is 1.59 bits per heavy atom. The average molecular weight is 356 g/mol. The van der Waals surface area contributed by atoms with Gasteiger partial charge in [-0.25, -0.2) is 4.79 Å². The molecule has 0 saturated heterocycles. The van der Waals surface area contributed by atoms with Gasteiger partial charge in [-0.2, -0.15) is 5.26 Å². The third-order valence-electron chi connectivity index (χ3n) is 4.21. The number of nitriles is 1. The molecule has 3 aromatic carbocycles. The van der Waals surface area contributed by atoms with Crippen molar-refractivity contribution in [3.05, 3.63) is 95.6 Å². The number of hydrogen-bond acceptors (Lipinski definition) is 3. The molecule has 27 heavy (non-hydrogen) atoms. The van der Waals surface area contributed by atoms with E-state index in [1.165, 1.54) is 0 Å². The van der Waals surface area contributed by atoms with E-state index < -0.39 is 6.09 Å². The highest BCUT2D eigenvalue weighted by molar-refractivity contribution is 5.70. The van der Waals surface area contributed by atoms with Gasteiger partial charge in [-0.15, -0.1) is 0 Å². The van der Waals surface area contributed by atoms with Crippen LogP contribution in [0.3, 0.4) is 0 Å². The van der Waals surface area contributed by atoms with Gasteiger partial charge in [-0.3, -0.25) is 0 Å². The topological polar surface area (TPSA) is 62.1 Å². The quantitative estimate of drug-likeness (QED) is 0.697. The monoisotopic (exact) mass is 356 g/mol. The first-order valence-corrected chi connectivity index (χ1v) is 8.79. The molecule has 0 aliphatic carbocycles. The minimum absolute atomic E-state index is 0.264. The fraction of sp³-hybridized carbons (Fsp3) is 0.130. The highest BCUT2D eigenvalue weighted by atomic mass is 16.5. The van der Waals surface area contributed by atoms with E-state index in [1.54, 1.807) is 0 Å². The molecule has 4 nitrogen and oxygen atoms in total. The van der Waals surface area contributed by atoms with Gasteiger partial charge in [-0.1, -0.05) is 72.8 Å². The van der Waals surface area contributed by atoms with Crippen molar-refractivity contribution >= 4 is 6.09 Å². The van der Waals surface area contributed by atoms with Crippen LogP contribution >= 0.6 is 0 Å². The van der Waals surface area contributed by atoms with Crippen LogP contribution in [0.25, 0.3) is 11.1 Å². The van der Waals surface area contributed by atoms with Gasteiger partial charge in [0.2, 0.25) is 0 Å². The van der Waals surface area contributed by atoms with Crippen LogP contribution < -0.4 is 5.32 Å². The van der Waals surface area contributed by atoms with E-state index in [0.717, 1.165) is 22.3 Å². The number of nitrogens with zero attached hydrogens (tertiary/aromatic N) is 1. The first kappa shape index (κ1) is 18.2. The Kier molecular flexibility index (Phi) is 6.21. The van der Waals surface area contributed by atoms with E-state index in [4.69, 9.17) is 4.74 Å². The molecule has 1 N–H and O–H groups in total. The third-order valence-corrected chi connectivity index (χ3v) is 4.21. The number of ether oxygens (including phenoxy) is 1. The number of nitrogens with one attached hydrogen (secondary N) is 1. The molecule has 134 valence electrons. The number of carbonyl (C=O) groups is 1. The molecule has 0 spiro atoms. The maximum Gasteiger partial charge on any atom is 0.407 e. The molecule has 0 radical (unpaired) electrons. The van der Waals surface area contributed by atoms with E-state index in [9.17, 15) is 10.1 Å². The first-order chi connectivity index (χ1) is 13.3. The third kappa shape index (κ3) is 5.20. The lowest BCUT2D eigenvalue weighted by Crippen LogP contribution is -2.26. The van der Waals surface area contributed by atoms with Gasteiger partial charge in [0, 0.05) is 6.54 Å². The minimum atomic E-state index is -0.418. The fourth-order valence-corrected chi connectivity index (χ4v) is 2.77. The molecule has 4 heteroatoms. The lowest BCUT2D eigenvalue weighted by molar-refractivity contribution is 0.140. The smallest absolute Gasteiger partial charge is 0.407 e. The highest BCUT2D eigenvalue weighted by Crippen LogP contribution is 2.23. The van der Waals surface area contributed by atoms with E-state index in [0.29, 0.717) is 18.5 Å². The molecule has 0 aromatic heterocycles. The summed E-state index contributed by atoms with van der Waals surface area (Å²) in [5, 5.41) is 12.0. The summed E-state index contributed by atoms with van der Waals surface area (Å²) in [4.78, 5) is 11.8. The number of carbonyl (C=O) groups excluding carboxylic acids is 1. The van der Waals surface area contributed by atoms with Gasteiger partial charge >= 0.3 is 6.09 Å².